The van der Waals surface area contributed by atoms with Crippen LogP contribution in [0.15, 0.2) is 47.2 Å². The van der Waals surface area contributed by atoms with Crippen molar-refractivity contribution >= 4 is 35.1 Å². The number of anilines is 1. The Kier molecular flexibility index (Phi) is 5.43. The van der Waals surface area contributed by atoms with Gasteiger partial charge in [-0.1, -0.05) is 18.2 Å². The first-order valence-electron chi connectivity index (χ1n) is 8.94. The Hall–Kier alpha value is -2.68. The van der Waals surface area contributed by atoms with Crippen LogP contribution in [0.3, 0.4) is 0 Å². The lowest BCUT2D eigenvalue weighted by molar-refractivity contribution is 0.0662. The molecule has 0 spiro atoms. The van der Waals surface area contributed by atoms with Crippen molar-refractivity contribution in [2.24, 2.45) is 5.92 Å². The van der Waals surface area contributed by atoms with E-state index in [1.54, 1.807) is 23.5 Å². The highest BCUT2D eigenvalue weighted by molar-refractivity contribution is 7.08. The topological polar surface area (TPSA) is 96.9 Å². The number of hydrogen-bond donors (Lipinski definition) is 3. The quantitative estimate of drug-likeness (QED) is 0.717. The van der Waals surface area contributed by atoms with Crippen molar-refractivity contribution in [2.45, 2.75) is 18.2 Å². The Morgan fingerprint density at radius 1 is 1.18 bits per heavy atom. The molecule has 146 valence electrons. The highest BCUT2D eigenvalue weighted by Gasteiger charge is 2.47. The molecule has 2 aromatic rings. The zero-order valence-corrected chi connectivity index (χ0v) is 15.7. The van der Waals surface area contributed by atoms with Crippen LogP contribution < -0.4 is 10.6 Å². The average molecular weight is 400 g/mol. The Balaban J connectivity index is 1.33. The molecule has 7 nitrogen and oxygen atoms in total. The van der Waals surface area contributed by atoms with Gasteiger partial charge in [0.2, 0.25) is 0 Å². The summed E-state index contributed by atoms with van der Waals surface area (Å²) in [5, 5.41) is 18.7. The maximum Gasteiger partial charge on any atom is 0.335 e. The van der Waals surface area contributed by atoms with Gasteiger partial charge < -0.3 is 25.2 Å². The first kappa shape index (κ1) is 18.7. The van der Waals surface area contributed by atoms with E-state index in [1.807, 2.05) is 5.38 Å². The average Bonchev–Trinajstić information content (AvgIpc) is 3.40. The van der Waals surface area contributed by atoms with Crippen LogP contribution in [0.5, 0.6) is 0 Å². The van der Waals surface area contributed by atoms with Crippen molar-refractivity contribution in [3.05, 3.63) is 58.3 Å². The molecule has 0 radical (unpaired) electrons. The van der Waals surface area contributed by atoms with Crippen molar-refractivity contribution in [3.63, 3.8) is 0 Å². The third-order valence-electron chi connectivity index (χ3n) is 4.85. The van der Waals surface area contributed by atoms with E-state index in [0.29, 0.717) is 18.9 Å². The fourth-order valence-corrected chi connectivity index (χ4v) is 4.12. The van der Waals surface area contributed by atoms with Crippen LogP contribution in [0.2, 0.25) is 0 Å². The maximum absolute atomic E-state index is 12.3. The molecule has 2 saturated heterocycles. The fraction of sp³-hybridized carbons (Fsp3) is 0.300. The number of urea groups is 1. The number of thiophene rings is 1. The lowest BCUT2D eigenvalue weighted by Crippen LogP contribution is -2.45. The maximum atomic E-state index is 12.3. The number of aromatic carboxylic acids is 1. The molecule has 0 bridgehead atoms. The highest BCUT2D eigenvalue weighted by Crippen LogP contribution is 2.32. The summed E-state index contributed by atoms with van der Waals surface area (Å²) in [6.45, 7) is 0.928. The molecule has 4 rings (SSSR count). The summed E-state index contributed by atoms with van der Waals surface area (Å²) < 4.78 is 11.8. The summed E-state index contributed by atoms with van der Waals surface area (Å²) in [4.78, 5) is 23.3. The molecular formula is C20H20N2O5S. The predicted octanol–water partition coefficient (Wildman–Crippen LogP) is 3.06. The van der Waals surface area contributed by atoms with Gasteiger partial charge in [-0.05, 0) is 40.6 Å². The van der Waals surface area contributed by atoms with E-state index >= 15 is 0 Å². The van der Waals surface area contributed by atoms with Gasteiger partial charge in [-0.2, -0.15) is 11.3 Å². The van der Waals surface area contributed by atoms with E-state index in [-0.39, 0.29) is 29.7 Å². The molecule has 0 unspecified atom stereocenters. The zero-order chi connectivity index (χ0) is 19.5. The lowest BCUT2D eigenvalue weighted by atomic mass is 9.99. The van der Waals surface area contributed by atoms with Crippen molar-refractivity contribution in [2.75, 3.05) is 18.5 Å². The van der Waals surface area contributed by atoms with Gasteiger partial charge in [0.25, 0.3) is 0 Å². The van der Waals surface area contributed by atoms with Gasteiger partial charge in [0.05, 0.1) is 30.9 Å². The SMILES string of the molecule is O=C(Nc1cccc(C(=O)O)c1)N[C@H]1CO[C@H]2[C@@H]1OC[C@@H]2/C=C\c1ccsc1. The van der Waals surface area contributed by atoms with Crippen LogP contribution in [0.4, 0.5) is 10.5 Å². The predicted molar refractivity (Wildman–Crippen MR) is 106 cm³/mol. The van der Waals surface area contributed by atoms with E-state index in [0.717, 1.165) is 5.56 Å². The number of hydrogen-bond acceptors (Lipinski definition) is 5. The van der Waals surface area contributed by atoms with Crippen LogP contribution >= 0.6 is 11.3 Å². The van der Waals surface area contributed by atoms with E-state index in [2.05, 4.69) is 34.2 Å². The summed E-state index contributed by atoms with van der Waals surface area (Å²) in [6, 6.07) is 7.47. The summed E-state index contributed by atoms with van der Waals surface area (Å²) in [6.07, 6.45) is 3.88. The molecule has 2 aliphatic rings. The Labute approximate surface area is 166 Å². The number of carboxylic acids is 1. The zero-order valence-electron chi connectivity index (χ0n) is 14.9. The van der Waals surface area contributed by atoms with Crippen LogP contribution in [-0.2, 0) is 9.47 Å². The second-order valence-electron chi connectivity index (χ2n) is 6.77. The minimum absolute atomic E-state index is 0.0875. The molecule has 2 amide bonds. The largest absolute Gasteiger partial charge is 0.478 e. The van der Waals surface area contributed by atoms with Crippen molar-refractivity contribution < 1.29 is 24.2 Å². The Morgan fingerprint density at radius 3 is 2.82 bits per heavy atom. The molecule has 1 aromatic carbocycles. The third-order valence-corrected chi connectivity index (χ3v) is 5.56. The number of fused-ring (bicyclic) bond motifs is 1. The Bertz CT molecular complexity index is 882. The molecule has 0 aliphatic carbocycles. The fourth-order valence-electron chi connectivity index (χ4n) is 3.49. The number of carbonyl (C=O) groups excluding carboxylic acids is 1. The van der Waals surface area contributed by atoms with Crippen molar-refractivity contribution in [1.29, 1.82) is 0 Å². The van der Waals surface area contributed by atoms with Crippen LogP contribution in [0.25, 0.3) is 6.08 Å². The molecule has 1 aromatic heterocycles. The van der Waals surface area contributed by atoms with E-state index < -0.39 is 12.0 Å². The minimum atomic E-state index is -1.04. The van der Waals surface area contributed by atoms with Gasteiger partial charge >= 0.3 is 12.0 Å². The van der Waals surface area contributed by atoms with Crippen LogP contribution in [0, 0.1) is 5.92 Å². The summed E-state index contributed by atoms with van der Waals surface area (Å²) in [7, 11) is 0. The second-order valence-corrected chi connectivity index (χ2v) is 7.55. The normalized spacial score (nSPS) is 26.3. The standard InChI is InChI=1S/C20H20N2O5S/c23-19(24)13-2-1-3-15(8-13)21-20(25)22-16-10-27-17-14(9-26-18(16)17)5-4-12-6-7-28-11-12/h1-8,11,14,16-18H,9-10H2,(H,23,24)(H2,21,22,25)/b5-4-/t14-,16-,17+,18+/m0/s1. The van der Waals surface area contributed by atoms with Crippen molar-refractivity contribution in [1.82, 2.24) is 5.32 Å². The molecule has 3 heterocycles. The van der Waals surface area contributed by atoms with Crippen molar-refractivity contribution in [3.8, 4) is 0 Å². The van der Waals surface area contributed by atoms with Gasteiger partial charge in [0.15, 0.2) is 0 Å². The summed E-state index contributed by atoms with van der Waals surface area (Å²) in [5.74, 6) is -0.899. The van der Waals surface area contributed by atoms with Gasteiger partial charge in [0.1, 0.15) is 6.10 Å². The summed E-state index contributed by atoms with van der Waals surface area (Å²) >= 11 is 1.65. The highest BCUT2D eigenvalue weighted by atomic mass is 32.1. The lowest BCUT2D eigenvalue weighted by Gasteiger charge is -2.18. The number of carbonyl (C=O) groups is 2. The molecule has 28 heavy (non-hydrogen) atoms. The number of benzene rings is 1. The Morgan fingerprint density at radius 2 is 2.04 bits per heavy atom. The second kappa shape index (κ2) is 8.14. The number of nitrogens with one attached hydrogen (secondary N) is 2. The van der Waals surface area contributed by atoms with E-state index in [1.165, 1.54) is 12.1 Å². The molecular weight excluding hydrogens is 380 g/mol. The van der Waals surface area contributed by atoms with Gasteiger partial charge in [-0.3, -0.25) is 0 Å². The molecule has 0 saturated carbocycles. The first-order valence-corrected chi connectivity index (χ1v) is 9.89. The van der Waals surface area contributed by atoms with Gasteiger partial charge in [-0.25, -0.2) is 9.59 Å². The monoisotopic (exact) mass is 400 g/mol. The summed E-state index contributed by atoms with van der Waals surface area (Å²) in [5.41, 5.74) is 1.68. The molecule has 2 aliphatic heterocycles. The number of ether oxygens (including phenoxy) is 2. The van der Waals surface area contributed by atoms with Crippen LogP contribution in [-0.4, -0.2) is 48.6 Å². The van der Waals surface area contributed by atoms with E-state index in [9.17, 15) is 9.59 Å². The smallest absolute Gasteiger partial charge is 0.335 e. The molecule has 2 fully saturated rings. The van der Waals surface area contributed by atoms with Gasteiger partial charge in [0, 0.05) is 11.6 Å². The number of amides is 2. The number of carboxylic acid groups (broad SMARTS) is 1. The molecule has 4 atom stereocenters. The first-order chi connectivity index (χ1) is 13.6. The minimum Gasteiger partial charge on any atom is -0.478 e. The molecule has 3 N–H and O–H groups in total. The van der Waals surface area contributed by atoms with E-state index in [4.69, 9.17) is 14.6 Å². The van der Waals surface area contributed by atoms with Crippen LogP contribution in [0.1, 0.15) is 15.9 Å². The molecule has 8 heteroatoms. The third kappa shape index (κ3) is 4.09. The number of rotatable bonds is 5. The van der Waals surface area contributed by atoms with Gasteiger partial charge in [-0.15, -0.1) is 0 Å².